The summed E-state index contributed by atoms with van der Waals surface area (Å²) in [4.78, 5) is 27.2. The van der Waals surface area contributed by atoms with Gasteiger partial charge in [-0.1, -0.05) is 11.6 Å². The lowest BCUT2D eigenvalue weighted by Crippen LogP contribution is -2.41. The number of hydrogen-bond acceptors (Lipinski definition) is 3. The van der Waals surface area contributed by atoms with Crippen LogP contribution < -0.4 is 5.73 Å². The topological polar surface area (TPSA) is 66.6 Å². The van der Waals surface area contributed by atoms with Crippen molar-refractivity contribution in [2.24, 2.45) is 0 Å². The molecule has 0 aromatic heterocycles. The Morgan fingerprint density at radius 2 is 1.80 bits per heavy atom. The van der Waals surface area contributed by atoms with Crippen LogP contribution in [0.25, 0.3) is 0 Å². The number of amides is 2. The minimum Gasteiger partial charge on any atom is -0.399 e. The van der Waals surface area contributed by atoms with Gasteiger partial charge in [0, 0.05) is 36.4 Å². The molecule has 1 aromatic rings. The van der Waals surface area contributed by atoms with E-state index in [2.05, 4.69) is 0 Å². The van der Waals surface area contributed by atoms with Gasteiger partial charge >= 0.3 is 0 Å². The lowest BCUT2D eigenvalue weighted by Gasteiger charge is -2.23. The second-order valence-corrected chi connectivity index (χ2v) is 4.94. The number of carbonyl (C=O) groups is 2. The Balaban J connectivity index is 2.79. The highest BCUT2D eigenvalue weighted by Crippen LogP contribution is 2.17. The zero-order valence-corrected chi connectivity index (χ0v) is 12.8. The number of halogens is 1. The number of nitrogen functional groups attached to an aromatic ring is 1. The molecule has 0 spiro atoms. The lowest BCUT2D eigenvalue weighted by atomic mass is 10.2. The number of carbonyl (C=O) groups excluding carboxylic acids is 2. The van der Waals surface area contributed by atoms with Crippen LogP contribution in [0.15, 0.2) is 18.2 Å². The summed E-state index contributed by atoms with van der Waals surface area (Å²) in [6, 6.07) is 4.66. The van der Waals surface area contributed by atoms with E-state index in [0.29, 0.717) is 29.4 Å². The maximum atomic E-state index is 12.2. The quantitative estimate of drug-likeness (QED) is 0.844. The van der Waals surface area contributed by atoms with E-state index in [1.807, 2.05) is 13.8 Å². The Hall–Kier alpha value is -1.75. The molecule has 110 valence electrons. The summed E-state index contributed by atoms with van der Waals surface area (Å²) in [5.41, 5.74) is 6.46. The average Bonchev–Trinajstić information content (AvgIpc) is 2.37. The number of rotatable bonds is 5. The van der Waals surface area contributed by atoms with Gasteiger partial charge < -0.3 is 15.5 Å². The monoisotopic (exact) mass is 297 g/mol. The first-order valence-corrected chi connectivity index (χ1v) is 6.86. The third kappa shape index (κ3) is 4.13. The Morgan fingerprint density at radius 3 is 2.30 bits per heavy atom. The summed E-state index contributed by atoms with van der Waals surface area (Å²) in [5, 5.41) is 0.400. The molecule has 0 saturated carbocycles. The van der Waals surface area contributed by atoms with E-state index in [9.17, 15) is 9.59 Å². The molecule has 6 heteroatoms. The van der Waals surface area contributed by atoms with Gasteiger partial charge in [0.05, 0.1) is 6.54 Å². The average molecular weight is 298 g/mol. The molecular weight excluding hydrogens is 278 g/mol. The van der Waals surface area contributed by atoms with Gasteiger partial charge in [-0.05, 0) is 32.0 Å². The molecule has 1 aromatic carbocycles. The Labute approximate surface area is 124 Å². The zero-order valence-electron chi connectivity index (χ0n) is 12.0. The molecular formula is C14H20ClN3O2. The number of likely N-dealkylation sites (N-methyl/N-ethyl adjacent to an activating group) is 2. The van der Waals surface area contributed by atoms with Gasteiger partial charge in [0.2, 0.25) is 5.91 Å². The van der Waals surface area contributed by atoms with Crippen molar-refractivity contribution in [2.45, 2.75) is 13.8 Å². The van der Waals surface area contributed by atoms with E-state index in [-0.39, 0.29) is 18.4 Å². The lowest BCUT2D eigenvalue weighted by molar-refractivity contribution is -0.131. The first-order valence-electron chi connectivity index (χ1n) is 6.48. The van der Waals surface area contributed by atoms with Gasteiger partial charge in [0.15, 0.2) is 0 Å². The molecule has 0 heterocycles. The maximum Gasteiger partial charge on any atom is 0.254 e. The van der Waals surface area contributed by atoms with Gasteiger partial charge in [-0.2, -0.15) is 0 Å². The molecule has 0 atom stereocenters. The fourth-order valence-electron chi connectivity index (χ4n) is 1.91. The second-order valence-electron chi connectivity index (χ2n) is 4.50. The van der Waals surface area contributed by atoms with Crippen LogP contribution in [0.5, 0.6) is 0 Å². The summed E-state index contributed by atoms with van der Waals surface area (Å²) >= 11 is 5.87. The van der Waals surface area contributed by atoms with Crippen LogP contribution >= 0.6 is 11.6 Å². The Bertz CT molecular complexity index is 481. The van der Waals surface area contributed by atoms with E-state index in [1.165, 1.54) is 4.90 Å². The number of nitrogens with two attached hydrogens (primary N) is 1. The minimum absolute atomic E-state index is 0.0347. The highest BCUT2D eigenvalue weighted by atomic mass is 35.5. The van der Waals surface area contributed by atoms with Gasteiger partial charge in [0.25, 0.3) is 5.91 Å². The molecule has 2 N–H and O–H groups in total. The predicted octanol–water partition coefficient (Wildman–Crippen LogP) is 1.86. The van der Waals surface area contributed by atoms with E-state index >= 15 is 0 Å². The summed E-state index contributed by atoms with van der Waals surface area (Å²) in [5.74, 6) is -0.361. The summed E-state index contributed by atoms with van der Waals surface area (Å²) in [6.07, 6.45) is 0. The third-order valence-corrected chi connectivity index (χ3v) is 3.22. The van der Waals surface area contributed by atoms with Gasteiger partial charge in [-0.3, -0.25) is 9.59 Å². The van der Waals surface area contributed by atoms with Crippen molar-refractivity contribution in [3.05, 3.63) is 28.8 Å². The third-order valence-electron chi connectivity index (χ3n) is 3.00. The highest BCUT2D eigenvalue weighted by Gasteiger charge is 2.18. The molecule has 20 heavy (non-hydrogen) atoms. The number of benzene rings is 1. The number of anilines is 1. The highest BCUT2D eigenvalue weighted by molar-refractivity contribution is 6.31. The van der Waals surface area contributed by atoms with Crippen molar-refractivity contribution in [1.82, 2.24) is 9.80 Å². The van der Waals surface area contributed by atoms with E-state index in [0.717, 1.165) is 0 Å². The van der Waals surface area contributed by atoms with Crippen molar-refractivity contribution in [1.29, 1.82) is 0 Å². The molecule has 2 amide bonds. The molecule has 0 fully saturated rings. The number of nitrogens with zero attached hydrogens (tertiary/aromatic N) is 2. The van der Waals surface area contributed by atoms with Crippen molar-refractivity contribution < 1.29 is 9.59 Å². The van der Waals surface area contributed by atoms with Crippen molar-refractivity contribution in [3.8, 4) is 0 Å². The van der Waals surface area contributed by atoms with Crippen LogP contribution in [0.4, 0.5) is 5.69 Å². The Kier molecular flexibility index (Phi) is 5.82. The largest absolute Gasteiger partial charge is 0.399 e. The molecule has 1 rings (SSSR count). The van der Waals surface area contributed by atoms with Gasteiger partial charge in [-0.25, -0.2) is 0 Å². The maximum absolute atomic E-state index is 12.2. The van der Waals surface area contributed by atoms with Crippen LogP contribution in [0, 0.1) is 0 Å². The van der Waals surface area contributed by atoms with Crippen LogP contribution in [0.2, 0.25) is 5.02 Å². The second kappa shape index (κ2) is 7.14. The molecule has 0 aliphatic rings. The fourth-order valence-corrected chi connectivity index (χ4v) is 2.15. The van der Waals surface area contributed by atoms with Crippen LogP contribution in [0.3, 0.4) is 0 Å². The molecule has 0 saturated heterocycles. The van der Waals surface area contributed by atoms with Crippen molar-refractivity contribution in [2.75, 3.05) is 32.4 Å². The Morgan fingerprint density at radius 1 is 1.20 bits per heavy atom. The van der Waals surface area contributed by atoms with E-state index < -0.39 is 0 Å². The van der Waals surface area contributed by atoms with Crippen LogP contribution in [0.1, 0.15) is 24.2 Å². The standard InChI is InChI=1S/C14H20ClN3O2/c1-4-18(5-2)13(19)9-17(3)14(20)10-6-11(15)8-12(16)7-10/h6-8H,4-5,9,16H2,1-3H3. The minimum atomic E-state index is -0.278. The van der Waals surface area contributed by atoms with Crippen molar-refractivity contribution in [3.63, 3.8) is 0 Å². The van der Waals surface area contributed by atoms with E-state index in [1.54, 1.807) is 30.1 Å². The molecule has 0 bridgehead atoms. The molecule has 0 radical (unpaired) electrons. The summed E-state index contributed by atoms with van der Waals surface area (Å²) in [7, 11) is 1.58. The smallest absolute Gasteiger partial charge is 0.254 e. The first-order chi connectivity index (χ1) is 9.38. The van der Waals surface area contributed by atoms with Crippen LogP contribution in [-0.4, -0.2) is 48.3 Å². The number of hydrogen-bond donors (Lipinski definition) is 1. The van der Waals surface area contributed by atoms with Crippen LogP contribution in [-0.2, 0) is 4.79 Å². The molecule has 5 nitrogen and oxygen atoms in total. The molecule has 0 unspecified atom stereocenters. The fraction of sp³-hybridized carbons (Fsp3) is 0.429. The first kappa shape index (κ1) is 16.3. The summed E-state index contributed by atoms with van der Waals surface area (Å²) in [6.45, 7) is 5.09. The summed E-state index contributed by atoms with van der Waals surface area (Å²) < 4.78 is 0. The molecule has 0 aliphatic heterocycles. The van der Waals surface area contributed by atoms with Gasteiger partial charge in [0.1, 0.15) is 0 Å². The zero-order chi connectivity index (χ0) is 15.3. The van der Waals surface area contributed by atoms with Gasteiger partial charge in [-0.15, -0.1) is 0 Å². The normalized spacial score (nSPS) is 10.2. The predicted molar refractivity (Wildman–Crippen MR) is 80.8 cm³/mol. The van der Waals surface area contributed by atoms with Crippen molar-refractivity contribution >= 4 is 29.1 Å². The van der Waals surface area contributed by atoms with E-state index in [4.69, 9.17) is 17.3 Å². The molecule has 0 aliphatic carbocycles. The SMILES string of the molecule is CCN(CC)C(=O)CN(C)C(=O)c1cc(N)cc(Cl)c1.